The first-order chi connectivity index (χ1) is 9.25. The molecule has 102 valence electrons. The van der Waals surface area contributed by atoms with Crippen molar-refractivity contribution in [2.24, 2.45) is 5.92 Å². The van der Waals surface area contributed by atoms with E-state index in [4.69, 9.17) is 4.74 Å². The van der Waals surface area contributed by atoms with Gasteiger partial charge in [0.1, 0.15) is 0 Å². The fourth-order valence-corrected chi connectivity index (χ4v) is 3.60. The molecular formula is C14H17NO3S. The van der Waals surface area contributed by atoms with Gasteiger partial charge in [-0.2, -0.15) is 0 Å². The van der Waals surface area contributed by atoms with Gasteiger partial charge in [-0.1, -0.05) is 0 Å². The Kier molecular flexibility index (Phi) is 3.66. The van der Waals surface area contributed by atoms with Crippen molar-refractivity contribution in [1.82, 2.24) is 0 Å². The summed E-state index contributed by atoms with van der Waals surface area (Å²) in [7, 11) is 0. The molecule has 3 rings (SSSR count). The molecule has 1 atom stereocenters. The normalized spacial score (nSPS) is 23.3. The third-order valence-electron chi connectivity index (χ3n) is 3.81. The standard InChI is InChI=1S/C14H17NO3S/c16-12(10-4-6-18-9-10)8-15-11-5-7-19-13(11)2-1-3-14(15)17/h5,7,10H,1-4,6,8-9H2. The molecule has 3 heterocycles. The van der Waals surface area contributed by atoms with Crippen molar-refractivity contribution in [3.8, 4) is 0 Å². The molecule has 0 saturated carbocycles. The lowest BCUT2D eigenvalue weighted by atomic mass is 10.0. The van der Waals surface area contributed by atoms with Crippen LogP contribution in [0.5, 0.6) is 0 Å². The maximum absolute atomic E-state index is 12.2. The Bertz CT molecular complexity index is 491. The van der Waals surface area contributed by atoms with Crippen molar-refractivity contribution in [2.75, 3.05) is 24.7 Å². The molecule has 0 aromatic carbocycles. The molecular weight excluding hydrogens is 262 g/mol. The second-order valence-corrected chi connectivity index (χ2v) is 6.09. The van der Waals surface area contributed by atoms with Crippen LogP contribution in [0.1, 0.15) is 24.1 Å². The quantitative estimate of drug-likeness (QED) is 0.850. The molecule has 2 aliphatic rings. The molecule has 1 aromatic rings. The summed E-state index contributed by atoms with van der Waals surface area (Å²) in [4.78, 5) is 27.3. The fourth-order valence-electron chi connectivity index (χ4n) is 2.68. The number of hydrogen-bond donors (Lipinski definition) is 0. The van der Waals surface area contributed by atoms with Crippen LogP contribution in [0.15, 0.2) is 11.4 Å². The zero-order valence-corrected chi connectivity index (χ0v) is 11.6. The summed E-state index contributed by atoms with van der Waals surface area (Å²) in [5.74, 6) is 0.174. The summed E-state index contributed by atoms with van der Waals surface area (Å²) in [6.07, 6.45) is 3.15. The number of fused-ring (bicyclic) bond motifs is 1. The van der Waals surface area contributed by atoms with Gasteiger partial charge in [0.2, 0.25) is 5.91 Å². The zero-order valence-electron chi connectivity index (χ0n) is 10.8. The second kappa shape index (κ2) is 5.43. The number of Topliss-reactive ketones (excluding diaryl/α,β-unsaturated/α-hetero) is 1. The van der Waals surface area contributed by atoms with Crippen LogP contribution in [-0.2, 0) is 20.7 Å². The van der Waals surface area contributed by atoms with Crippen LogP contribution < -0.4 is 4.90 Å². The number of hydrogen-bond acceptors (Lipinski definition) is 4. The van der Waals surface area contributed by atoms with Gasteiger partial charge in [0.15, 0.2) is 5.78 Å². The first kappa shape index (κ1) is 12.8. The molecule has 1 saturated heterocycles. The molecule has 1 unspecified atom stereocenters. The van der Waals surface area contributed by atoms with Crippen LogP contribution in [0.25, 0.3) is 0 Å². The Morgan fingerprint density at radius 2 is 2.37 bits per heavy atom. The van der Waals surface area contributed by atoms with Gasteiger partial charge in [0.25, 0.3) is 0 Å². The van der Waals surface area contributed by atoms with Crippen LogP contribution in [0.3, 0.4) is 0 Å². The molecule has 0 spiro atoms. The molecule has 0 aliphatic carbocycles. The highest BCUT2D eigenvalue weighted by molar-refractivity contribution is 7.10. The van der Waals surface area contributed by atoms with Crippen molar-refractivity contribution >= 4 is 28.7 Å². The summed E-state index contributed by atoms with van der Waals surface area (Å²) >= 11 is 1.67. The van der Waals surface area contributed by atoms with Gasteiger partial charge in [0.05, 0.1) is 18.8 Å². The van der Waals surface area contributed by atoms with E-state index >= 15 is 0 Å². The fraction of sp³-hybridized carbons (Fsp3) is 0.571. The molecule has 1 fully saturated rings. The van der Waals surface area contributed by atoms with Crippen LogP contribution >= 0.6 is 11.3 Å². The lowest BCUT2D eigenvalue weighted by Crippen LogP contribution is -2.37. The van der Waals surface area contributed by atoms with Crippen molar-refractivity contribution in [3.63, 3.8) is 0 Å². The Morgan fingerprint density at radius 3 is 3.16 bits per heavy atom. The van der Waals surface area contributed by atoms with Crippen LogP contribution in [-0.4, -0.2) is 31.4 Å². The molecule has 5 heteroatoms. The first-order valence-electron chi connectivity index (χ1n) is 6.73. The number of thiophene rings is 1. The Morgan fingerprint density at radius 1 is 1.47 bits per heavy atom. The topological polar surface area (TPSA) is 46.6 Å². The van der Waals surface area contributed by atoms with Crippen molar-refractivity contribution in [1.29, 1.82) is 0 Å². The van der Waals surface area contributed by atoms with Gasteiger partial charge < -0.3 is 9.64 Å². The van der Waals surface area contributed by atoms with Gasteiger partial charge >= 0.3 is 0 Å². The van der Waals surface area contributed by atoms with E-state index in [0.29, 0.717) is 19.6 Å². The molecule has 1 aromatic heterocycles. The third-order valence-corrected chi connectivity index (χ3v) is 4.78. The Hall–Kier alpha value is -1.20. The average molecular weight is 279 g/mol. The Balaban J connectivity index is 1.78. The highest BCUT2D eigenvalue weighted by Gasteiger charge is 2.29. The second-order valence-electron chi connectivity index (χ2n) is 5.09. The predicted molar refractivity (Wildman–Crippen MR) is 73.5 cm³/mol. The van der Waals surface area contributed by atoms with Crippen molar-refractivity contribution < 1.29 is 14.3 Å². The largest absolute Gasteiger partial charge is 0.381 e. The van der Waals surface area contributed by atoms with Gasteiger partial charge in [-0.3, -0.25) is 9.59 Å². The molecule has 0 radical (unpaired) electrons. The van der Waals surface area contributed by atoms with E-state index in [1.165, 1.54) is 4.88 Å². The third kappa shape index (κ3) is 2.58. The molecule has 0 bridgehead atoms. The van der Waals surface area contributed by atoms with E-state index in [9.17, 15) is 9.59 Å². The highest BCUT2D eigenvalue weighted by Crippen LogP contribution is 2.31. The number of carbonyl (C=O) groups excluding carboxylic acids is 2. The van der Waals surface area contributed by atoms with Crippen LogP contribution in [0.4, 0.5) is 5.69 Å². The lowest BCUT2D eigenvalue weighted by Gasteiger charge is -2.21. The summed E-state index contributed by atoms with van der Waals surface area (Å²) in [5, 5.41) is 2.00. The van der Waals surface area contributed by atoms with Gasteiger partial charge in [-0.05, 0) is 30.7 Å². The van der Waals surface area contributed by atoms with Crippen LogP contribution in [0, 0.1) is 5.92 Å². The number of rotatable bonds is 3. The monoisotopic (exact) mass is 279 g/mol. The van der Waals surface area contributed by atoms with E-state index in [2.05, 4.69) is 0 Å². The summed E-state index contributed by atoms with van der Waals surface area (Å²) in [5.41, 5.74) is 0.944. The van der Waals surface area contributed by atoms with E-state index in [0.717, 1.165) is 24.9 Å². The Labute approximate surface area is 116 Å². The van der Waals surface area contributed by atoms with Gasteiger partial charge in [0, 0.05) is 23.8 Å². The molecule has 19 heavy (non-hydrogen) atoms. The van der Waals surface area contributed by atoms with E-state index < -0.39 is 0 Å². The lowest BCUT2D eigenvalue weighted by molar-refractivity contribution is -0.124. The van der Waals surface area contributed by atoms with Crippen molar-refractivity contribution in [2.45, 2.75) is 25.7 Å². The summed E-state index contributed by atoms with van der Waals surface area (Å²) < 4.78 is 5.25. The maximum atomic E-state index is 12.2. The number of ketones is 1. The smallest absolute Gasteiger partial charge is 0.227 e. The van der Waals surface area contributed by atoms with Gasteiger partial charge in [-0.15, -0.1) is 11.3 Å². The van der Waals surface area contributed by atoms with E-state index in [-0.39, 0.29) is 24.2 Å². The number of anilines is 1. The summed E-state index contributed by atoms with van der Waals surface area (Å²) in [6, 6.07) is 1.96. The number of ether oxygens (including phenoxy) is 1. The molecule has 1 amide bonds. The average Bonchev–Trinajstić information content (AvgIpc) is 3.05. The predicted octanol–water partition coefficient (Wildman–Crippen LogP) is 2.02. The molecule has 2 aliphatic heterocycles. The van der Waals surface area contributed by atoms with E-state index in [1.54, 1.807) is 16.2 Å². The first-order valence-corrected chi connectivity index (χ1v) is 7.61. The van der Waals surface area contributed by atoms with Gasteiger partial charge in [-0.25, -0.2) is 0 Å². The molecule has 0 N–H and O–H groups in total. The molecule has 4 nitrogen and oxygen atoms in total. The number of aryl methyl sites for hydroxylation is 1. The highest BCUT2D eigenvalue weighted by atomic mass is 32.1. The minimum absolute atomic E-state index is 0.0295. The zero-order chi connectivity index (χ0) is 13.2. The maximum Gasteiger partial charge on any atom is 0.227 e. The minimum atomic E-state index is -0.0295. The van der Waals surface area contributed by atoms with Crippen LogP contribution in [0.2, 0.25) is 0 Å². The SMILES string of the molecule is O=C(CN1C(=O)CCCc2sccc21)C1CCOC1. The van der Waals surface area contributed by atoms with Crippen molar-refractivity contribution in [3.05, 3.63) is 16.3 Å². The number of amides is 1. The number of nitrogens with zero attached hydrogens (tertiary/aromatic N) is 1. The summed E-state index contributed by atoms with van der Waals surface area (Å²) in [6.45, 7) is 1.38. The number of carbonyl (C=O) groups is 2. The van der Waals surface area contributed by atoms with E-state index in [1.807, 2.05) is 11.4 Å². The minimum Gasteiger partial charge on any atom is -0.381 e.